The first-order chi connectivity index (χ1) is 8.08. The fourth-order valence-corrected chi connectivity index (χ4v) is 1.35. The summed E-state index contributed by atoms with van der Waals surface area (Å²) >= 11 is 0. The Kier molecular flexibility index (Phi) is 4.56. The molecule has 0 aromatic heterocycles. The van der Waals surface area contributed by atoms with Crippen molar-refractivity contribution in [2.45, 2.75) is 13.0 Å². The summed E-state index contributed by atoms with van der Waals surface area (Å²) in [6.07, 6.45) is 2.37. The van der Waals surface area contributed by atoms with E-state index in [2.05, 4.69) is 17.9 Å². The van der Waals surface area contributed by atoms with Gasteiger partial charge in [-0.05, 0) is 6.92 Å². The number of amides is 2. The highest BCUT2D eigenvalue weighted by atomic mass is 16.6. The van der Waals surface area contributed by atoms with Crippen molar-refractivity contribution in [3.8, 4) is 0 Å². The zero-order chi connectivity index (χ0) is 12.8. The normalized spacial score (nSPS) is 22.5. The lowest BCUT2D eigenvalue weighted by Gasteiger charge is -2.01. The number of hydrogen-bond donors (Lipinski definition) is 0. The van der Waals surface area contributed by atoms with Crippen molar-refractivity contribution in [2.75, 3.05) is 19.7 Å². The second kappa shape index (κ2) is 5.93. The van der Waals surface area contributed by atoms with Gasteiger partial charge in [-0.1, -0.05) is 13.2 Å². The molecule has 2 fully saturated rings. The molecule has 94 valence electrons. The Hall–Kier alpha value is -1.98. The summed E-state index contributed by atoms with van der Waals surface area (Å²) < 4.78 is 9.35. The van der Waals surface area contributed by atoms with Crippen LogP contribution in [0, 0.1) is 0 Å². The Bertz CT molecular complexity index is 329. The molecule has 1 unspecified atom stereocenters. The number of carbonyl (C=O) groups excluding carboxylic acids is 2. The van der Waals surface area contributed by atoms with Gasteiger partial charge in [0.25, 0.3) is 0 Å². The van der Waals surface area contributed by atoms with E-state index in [0.717, 1.165) is 0 Å². The lowest BCUT2D eigenvalue weighted by atomic mass is 10.4. The molecular formula is C11H16N2O4. The lowest BCUT2D eigenvalue weighted by molar-refractivity contribution is 0.142. The standard InChI is InChI=1S/C6H9NO2.C5H7NO2/c1-3-7-4-5(2)9-6(7)8;1-2-6-3-4-8-5(6)7/h3,5H,1,4H2,2H3;2H,1,3-4H2. The zero-order valence-electron chi connectivity index (χ0n) is 9.80. The molecule has 2 aliphatic rings. The van der Waals surface area contributed by atoms with E-state index in [1.165, 1.54) is 22.2 Å². The molecule has 0 aromatic carbocycles. The van der Waals surface area contributed by atoms with E-state index in [4.69, 9.17) is 4.74 Å². The van der Waals surface area contributed by atoms with Crippen LogP contribution in [0.2, 0.25) is 0 Å². The quantitative estimate of drug-likeness (QED) is 0.734. The van der Waals surface area contributed by atoms with Crippen LogP contribution in [0.4, 0.5) is 9.59 Å². The predicted octanol–water partition coefficient (Wildman–Crippen LogP) is 1.55. The highest BCUT2D eigenvalue weighted by Gasteiger charge is 2.25. The number of carbonyl (C=O) groups is 2. The maximum Gasteiger partial charge on any atom is 0.414 e. The van der Waals surface area contributed by atoms with Gasteiger partial charge in [-0.25, -0.2) is 9.59 Å². The molecule has 0 aliphatic carbocycles. The molecule has 1 atom stereocenters. The molecule has 0 bridgehead atoms. The molecule has 2 heterocycles. The molecular weight excluding hydrogens is 224 g/mol. The van der Waals surface area contributed by atoms with Crippen LogP contribution in [0.5, 0.6) is 0 Å². The van der Waals surface area contributed by atoms with E-state index in [-0.39, 0.29) is 18.3 Å². The molecule has 0 N–H and O–H groups in total. The molecule has 0 aromatic rings. The van der Waals surface area contributed by atoms with Gasteiger partial charge in [0.2, 0.25) is 0 Å². The van der Waals surface area contributed by atoms with Crippen molar-refractivity contribution in [3.63, 3.8) is 0 Å². The smallest absolute Gasteiger partial charge is 0.414 e. The van der Waals surface area contributed by atoms with Gasteiger partial charge < -0.3 is 9.47 Å². The molecule has 6 heteroatoms. The molecule has 2 amide bonds. The average molecular weight is 240 g/mol. The second-order valence-electron chi connectivity index (χ2n) is 3.52. The molecule has 6 nitrogen and oxygen atoms in total. The van der Waals surface area contributed by atoms with Crippen molar-refractivity contribution in [1.29, 1.82) is 0 Å². The predicted molar refractivity (Wildman–Crippen MR) is 61.1 cm³/mol. The second-order valence-corrected chi connectivity index (χ2v) is 3.52. The first-order valence-electron chi connectivity index (χ1n) is 5.24. The minimum Gasteiger partial charge on any atom is -0.447 e. The third-order valence-corrected chi connectivity index (χ3v) is 2.22. The first-order valence-corrected chi connectivity index (χ1v) is 5.24. The molecule has 2 saturated heterocycles. The number of cyclic esters (lactones) is 2. The van der Waals surface area contributed by atoms with E-state index in [1.54, 1.807) is 0 Å². The number of rotatable bonds is 2. The third-order valence-electron chi connectivity index (χ3n) is 2.22. The summed E-state index contributed by atoms with van der Waals surface area (Å²) in [5.74, 6) is 0. The Balaban J connectivity index is 0.000000171. The maximum absolute atomic E-state index is 10.6. The SMILES string of the molecule is C=CN1CC(C)OC1=O.C=CN1CCOC1=O. The Morgan fingerprint density at radius 1 is 1.24 bits per heavy atom. The van der Waals surface area contributed by atoms with Crippen LogP contribution in [0.1, 0.15) is 6.92 Å². The summed E-state index contributed by atoms with van der Waals surface area (Å²) in [6.45, 7) is 10.5. The summed E-state index contributed by atoms with van der Waals surface area (Å²) in [7, 11) is 0. The van der Waals surface area contributed by atoms with Gasteiger partial charge in [0.05, 0.1) is 13.1 Å². The number of hydrogen-bond acceptors (Lipinski definition) is 4. The number of ether oxygens (including phenoxy) is 2. The van der Waals surface area contributed by atoms with Crippen LogP contribution >= 0.6 is 0 Å². The minimum atomic E-state index is -0.294. The monoisotopic (exact) mass is 240 g/mol. The lowest BCUT2D eigenvalue weighted by Crippen LogP contribution is -2.16. The van der Waals surface area contributed by atoms with Crippen LogP contribution in [0.25, 0.3) is 0 Å². The topological polar surface area (TPSA) is 59.1 Å². The Morgan fingerprint density at radius 3 is 2.12 bits per heavy atom. The van der Waals surface area contributed by atoms with Gasteiger partial charge in [0.15, 0.2) is 0 Å². The fraction of sp³-hybridized carbons (Fsp3) is 0.455. The zero-order valence-corrected chi connectivity index (χ0v) is 9.80. The van der Waals surface area contributed by atoms with Crippen LogP contribution in [0.3, 0.4) is 0 Å². The summed E-state index contributed by atoms with van der Waals surface area (Å²) in [6, 6.07) is 0. The highest BCUT2D eigenvalue weighted by molar-refractivity contribution is 5.71. The van der Waals surface area contributed by atoms with Gasteiger partial charge in [-0.2, -0.15) is 0 Å². The van der Waals surface area contributed by atoms with E-state index in [0.29, 0.717) is 19.7 Å². The first kappa shape index (κ1) is 13.1. The number of nitrogens with zero attached hydrogens (tertiary/aromatic N) is 2. The third kappa shape index (κ3) is 3.51. The van der Waals surface area contributed by atoms with Gasteiger partial charge in [-0.3, -0.25) is 9.80 Å². The average Bonchev–Trinajstić information content (AvgIpc) is 2.85. The minimum absolute atomic E-state index is 0.00972. The van der Waals surface area contributed by atoms with Crippen LogP contribution in [0.15, 0.2) is 25.6 Å². The van der Waals surface area contributed by atoms with Crippen LogP contribution in [-0.4, -0.2) is 47.8 Å². The van der Waals surface area contributed by atoms with Crippen molar-refractivity contribution >= 4 is 12.2 Å². The molecule has 0 saturated carbocycles. The van der Waals surface area contributed by atoms with E-state index < -0.39 is 0 Å². The largest absolute Gasteiger partial charge is 0.447 e. The van der Waals surface area contributed by atoms with Crippen molar-refractivity contribution in [3.05, 3.63) is 25.6 Å². The van der Waals surface area contributed by atoms with Crippen molar-refractivity contribution in [1.82, 2.24) is 9.80 Å². The molecule has 0 spiro atoms. The molecule has 2 aliphatic heterocycles. The summed E-state index contributed by atoms with van der Waals surface area (Å²) in [5, 5.41) is 0. The molecule has 17 heavy (non-hydrogen) atoms. The maximum atomic E-state index is 10.6. The van der Waals surface area contributed by atoms with Crippen LogP contribution < -0.4 is 0 Å². The fourth-order valence-electron chi connectivity index (χ4n) is 1.35. The van der Waals surface area contributed by atoms with Gasteiger partial charge in [-0.15, -0.1) is 0 Å². The summed E-state index contributed by atoms with van der Waals surface area (Å²) in [5.41, 5.74) is 0. The molecule has 0 radical (unpaired) electrons. The van der Waals surface area contributed by atoms with Crippen molar-refractivity contribution < 1.29 is 19.1 Å². The Morgan fingerprint density at radius 2 is 1.88 bits per heavy atom. The van der Waals surface area contributed by atoms with Gasteiger partial charge in [0.1, 0.15) is 12.7 Å². The highest BCUT2D eigenvalue weighted by Crippen LogP contribution is 2.09. The van der Waals surface area contributed by atoms with Gasteiger partial charge in [0, 0.05) is 12.4 Å². The Labute approximate surface area is 100 Å². The van der Waals surface area contributed by atoms with E-state index in [1.807, 2.05) is 6.92 Å². The van der Waals surface area contributed by atoms with E-state index >= 15 is 0 Å². The van der Waals surface area contributed by atoms with Crippen LogP contribution in [-0.2, 0) is 9.47 Å². The van der Waals surface area contributed by atoms with Crippen molar-refractivity contribution in [2.24, 2.45) is 0 Å². The molecule has 2 rings (SSSR count). The van der Waals surface area contributed by atoms with Gasteiger partial charge >= 0.3 is 12.2 Å². The van der Waals surface area contributed by atoms with E-state index in [9.17, 15) is 9.59 Å². The summed E-state index contributed by atoms with van der Waals surface area (Å²) in [4.78, 5) is 24.0.